The monoisotopic (exact) mass is 493 g/mol. The number of anilines is 1. The quantitative estimate of drug-likeness (QED) is 0.477. The van der Waals surface area contributed by atoms with E-state index in [9.17, 15) is 9.59 Å². The van der Waals surface area contributed by atoms with E-state index >= 15 is 0 Å². The summed E-state index contributed by atoms with van der Waals surface area (Å²) in [7, 11) is 0. The van der Waals surface area contributed by atoms with E-state index in [2.05, 4.69) is 15.5 Å². The minimum absolute atomic E-state index is 0.0753. The molecule has 1 aliphatic heterocycles. The number of amides is 2. The van der Waals surface area contributed by atoms with E-state index < -0.39 is 6.09 Å². The molecule has 8 nitrogen and oxygen atoms in total. The van der Waals surface area contributed by atoms with E-state index in [4.69, 9.17) is 14.7 Å². The number of nitrogens with one attached hydrogen (secondary N) is 2. The van der Waals surface area contributed by atoms with Crippen LogP contribution in [0.5, 0.6) is 0 Å². The maximum Gasteiger partial charge on any atom is 0.407 e. The Balaban J connectivity index is 1.37. The number of pyridine rings is 1. The van der Waals surface area contributed by atoms with Crippen LogP contribution in [-0.2, 0) is 11.3 Å². The first-order valence-electron chi connectivity index (χ1n) is 12.0. The van der Waals surface area contributed by atoms with Crippen LogP contribution in [0.25, 0.3) is 11.3 Å². The molecule has 4 rings (SSSR count). The van der Waals surface area contributed by atoms with Gasteiger partial charge in [-0.15, -0.1) is 11.3 Å². The third-order valence-corrected chi connectivity index (χ3v) is 6.96. The summed E-state index contributed by atoms with van der Waals surface area (Å²) < 4.78 is 5.18. The summed E-state index contributed by atoms with van der Waals surface area (Å²) in [6, 6.07) is 13.6. The van der Waals surface area contributed by atoms with Crippen LogP contribution in [-0.4, -0.2) is 48.1 Å². The van der Waals surface area contributed by atoms with Crippen LogP contribution in [0.1, 0.15) is 53.7 Å². The number of hydrogen-bond donors (Lipinski definition) is 2. The lowest BCUT2D eigenvalue weighted by Crippen LogP contribution is -2.33. The fraction of sp³-hybridized carbons (Fsp3) is 0.385. The van der Waals surface area contributed by atoms with Gasteiger partial charge >= 0.3 is 6.09 Å². The molecule has 0 unspecified atom stereocenters. The van der Waals surface area contributed by atoms with Gasteiger partial charge in [0.05, 0.1) is 16.4 Å². The minimum Gasteiger partial charge on any atom is -0.443 e. The lowest BCUT2D eigenvalue weighted by Gasteiger charge is -2.32. The number of ether oxygens (including phenoxy) is 1. The predicted octanol–water partition coefficient (Wildman–Crippen LogP) is 4.58. The number of carbonyl (C=O) groups is 2. The molecular weight excluding hydrogens is 462 g/mol. The van der Waals surface area contributed by atoms with Crippen molar-refractivity contribution in [3.05, 3.63) is 64.1 Å². The average Bonchev–Trinajstić information content (AvgIpc) is 3.37. The molecule has 184 valence electrons. The van der Waals surface area contributed by atoms with Crippen molar-refractivity contribution in [3.8, 4) is 11.3 Å². The summed E-state index contributed by atoms with van der Waals surface area (Å²) in [4.78, 5) is 35.6. The fourth-order valence-corrected chi connectivity index (χ4v) is 5.09. The highest BCUT2D eigenvalue weighted by atomic mass is 32.1. The summed E-state index contributed by atoms with van der Waals surface area (Å²) in [5.41, 5.74) is 3.21. The number of carbonyl (C=O) groups excluding carboxylic acids is 2. The van der Waals surface area contributed by atoms with Crippen LogP contribution in [0.15, 0.2) is 47.8 Å². The van der Waals surface area contributed by atoms with Gasteiger partial charge in [-0.3, -0.25) is 4.79 Å². The van der Waals surface area contributed by atoms with Gasteiger partial charge in [-0.05, 0) is 51.0 Å². The Kier molecular flexibility index (Phi) is 8.31. The Hall–Kier alpha value is -3.46. The first-order valence-corrected chi connectivity index (χ1v) is 12.9. The topological polar surface area (TPSA) is 96.5 Å². The van der Waals surface area contributed by atoms with Crippen LogP contribution < -0.4 is 15.5 Å². The number of aromatic nitrogens is 2. The number of alkyl carbamates (subject to hydrolysis) is 1. The minimum atomic E-state index is -0.416. The van der Waals surface area contributed by atoms with E-state index in [1.54, 1.807) is 11.3 Å². The highest BCUT2D eigenvalue weighted by molar-refractivity contribution is 7.09. The largest absolute Gasteiger partial charge is 0.443 e. The molecule has 1 aromatic carbocycles. The molecule has 2 aromatic heterocycles. The van der Waals surface area contributed by atoms with Gasteiger partial charge in [0.2, 0.25) is 0 Å². The molecule has 2 amide bonds. The predicted molar refractivity (Wildman–Crippen MR) is 138 cm³/mol. The number of thiazole rings is 1. The zero-order valence-corrected chi connectivity index (χ0v) is 20.9. The summed E-state index contributed by atoms with van der Waals surface area (Å²) in [5.74, 6) is 1.26. The molecule has 3 heterocycles. The molecule has 1 aliphatic rings. The van der Waals surface area contributed by atoms with E-state index in [0.29, 0.717) is 24.6 Å². The van der Waals surface area contributed by atoms with Gasteiger partial charge in [-0.1, -0.05) is 18.2 Å². The number of nitrogens with zero attached hydrogens (tertiary/aromatic N) is 3. The van der Waals surface area contributed by atoms with Crippen molar-refractivity contribution < 1.29 is 14.3 Å². The molecule has 1 saturated heterocycles. The molecule has 0 radical (unpaired) electrons. The highest BCUT2D eigenvalue weighted by Gasteiger charge is 2.24. The Morgan fingerprint density at radius 2 is 1.83 bits per heavy atom. The second-order valence-corrected chi connectivity index (χ2v) is 9.26. The van der Waals surface area contributed by atoms with Crippen LogP contribution >= 0.6 is 11.3 Å². The number of hydrogen-bond acceptors (Lipinski definition) is 7. The van der Waals surface area contributed by atoms with Gasteiger partial charge in [-0.25, -0.2) is 14.8 Å². The molecule has 0 atom stereocenters. The molecule has 0 aliphatic carbocycles. The summed E-state index contributed by atoms with van der Waals surface area (Å²) >= 11 is 1.64. The third kappa shape index (κ3) is 6.36. The summed E-state index contributed by atoms with van der Waals surface area (Å²) in [6.07, 6.45) is 1.56. The fourth-order valence-electron chi connectivity index (χ4n) is 4.11. The zero-order valence-electron chi connectivity index (χ0n) is 20.1. The van der Waals surface area contributed by atoms with Gasteiger partial charge in [-0.2, -0.15) is 0 Å². The normalized spacial score (nSPS) is 13.9. The molecule has 3 aromatic rings. The first-order chi connectivity index (χ1) is 17.1. The van der Waals surface area contributed by atoms with Crippen molar-refractivity contribution in [2.45, 2.75) is 39.2 Å². The van der Waals surface area contributed by atoms with Gasteiger partial charge in [0.25, 0.3) is 5.91 Å². The molecular formula is C26H31N5O3S. The van der Waals surface area contributed by atoms with E-state index in [1.165, 1.54) is 0 Å². The van der Waals surface area contributed by atoms with Crippen molar-refractivity contribution in [1.82, 2.24) is 20.6 Å². The van der Waals surface area contributed by atoms with E-state index in [0.717, 1.165) is 53.7 Å². The van der Waals surface area contributed by atoms with E-state index in [-0.39, 0.29) is 12.5 Å². The van der Waals surface area contributed by atoms with Crippen LogP contribution in [0, 0.1) is 0 Å². The first kappa shape index (κ1) is 24.7. The van der Waals surface area contributed by atoms with Crippen molar-refractivity contribution in [1.29, 1.82) is 0 Å². The molecule has 0 saturated carbocycles. The Morgan fingerprint density at radius 3 is 2.60 bits per heavy atom. The van der Waals surface area contributed by atoms with Crippen molar-refractivity contribution in [2.75, 3.05) is 31.1 Å². The smallest absolute Gasteiger partial charge is 0.407 e. The van der Waals surface area contributed by atoms with Gasteiger partial charge in [0, 0.05) is 48.6 Å². The molecule has 1 fully saturated rings. The van der Waals surface area contributed by atoms with Gasteiger partial charge in [0.1, 0.15) is 12.4 Å². The number of piperidine rings is 1. The van der Waals surface area contributed by atoms with Crippen molar-refractivity contribution in [2.24, 2.45) is 0 Å². The molecule has 2 N–H and O–H groups in total. The van der Waals surface area contributed by atoms with Crippen molar-refractivity contribution >= 4 is 29.2 Å². The van der Waals surface area contributed by atoms with Gasteiger partial charge in [0.15, 0.2) is 0 Å². The van der Waals surface area contributed by atoms with Gasteiger partial charge < -0.3 is 20.3 Å². The third-order valence-electron chi connectivity index (χ3n) is 5.90. The standard InChI is InChI=1S/C26H31N5O3S/c1-3-27-24(32)20-8-5-7-19(15-20)22-9-6-10-23(30-22)31-13-11-18(12-14-31)25-29-21(17-35-25)16-34-26(33)28-4-2/h5-10,15,17-18H,3-4,11-14,16H2,1-2H3,(H,27,32)(H,28,33). The molecule has 0 bridgehead atoms. The lowest BCUT2D eigenvalue weighted by molar-refractivity contribution is 0.0955. The Bertz CT molecular complexity index is 1160. The van der Waals surface area contributed by atoms with Crippen LogP contribution in [0.2, 0.25) is 0 Å². The maximum atomic E-state index is 12.2. The second-order valence-electron chi connectivity index (χ2n) is 8.37. The molecule has 0 spiro atoms. The van der Waals surface area contributed by atoms with E-state index in [1.807, 2.05) is 61.7 Å². The zero-order chi connectivity index (χ0) is 24.6. The Labute approximate surface area is 209 Å². The summed E-state index contributed by atoms with van der Waals surface area (Å²) in [6.45, 7) is 6.88. The second kappa shape index (κ2) is 11.8. The van der Waals surface area contributed by atoms with Crippen LogP contribution in [0.4, 0.5) is 10.6 Å². The number of rotatable bonds is 8. The number of benzene rings is 1. The molecule has 9 heteroatoms. The lowest BCUT2D eigenvalue weighted by atomic mass is 9.97. The maximum absolute atomic E-state index is 12.2. The Morgan fingerprint density at radius 1 is 1.06 bits per heavy atom. The van der Waals surface area contributed by atoms with Crippen LogP contribution in [0.3, 0.4) is 0 Å². The SMILES string of the molecule is CCNC(=O)OCc1csc(C2CCN(c3cccc(-c4cccc(C(=O)NCC)c4)n3)CC2)n1. The average molecular weight is 494 g/mol. The summed E-state index contributed by atoms with van der Waals surface area (Å²) in [5, 5.41) is 8.53. The molecule has 35 heavy (non-hydrogen) atoms. The highest BCUT2D eigenvalue weighted by Crippen LogP contribution is 2.32. The van der Waals surface area contributed by atoms with Crippen molar-refractivity contribution in [3.63, 3.8) is 0 Å².